The Morgan fingerprint density at radius 1 is 1.21 bits per heavy atom. The highest BCUT2D eigenvalue weighted by molar-refractivity contribution is 9.10. The number of nitriles is 1. The van der Waals surface area contributed by atoms with Gasteiger partial charge in [-0.2, -0.15) is 5.26 Å². The third-order valence-electron chi connectivity index (χ3n) is 2.48. The SMILES string of the molecule is N#Cc1cc(Br)ccc1OCc1cccc(F)c1F. The van der Waals surface area contributed by atoms with E-state index in [0.717, 1.165) is 10.5 Å². The fourth-order valence-electron chi connectivity index (χ4n) is 1.53. The smallest absolute Gasteiger partial charge is 0.165 e. The molecule has 0 spiro atoms. The van der Waals surface area contributed by atoms with Crippen molar-refractivity contribution in [2.24, 2.45) is 0 Å². The zero-order chi connectivity index (χ0) is 13.8. The van der Waals surface area contributed by atoms with Gasteiger partial charge in [-0.25, -0.2) is 8.78 Å². The van der Waals surface area contributed by atoms with E-state index in [1.54, 1.807) is 18.2 Å². The summed E-state index contributed by atoms with van der Waals surface area (Å²) in [6.07, 6.45) is 0. The van der Waals surface area contributed by atoms with E-state index in [1.807, 2.05) is 6.07 Å². The first-order valence-corrected chi connectivity index (χ1v) is 6.16. The fourth-order valence-corrected chi connectivity index (χ4v) is 1.89. The first-order valence-electron chi connectivity index (χ1n) is 5.37. The van der Waals surface area contributed by atoms with Crippen LogP contribution in [0.15, 0.2) is 40.9 Å². The van der Waals surface area contributed by atoms with Crippen molar-refractivity contribution < 1.29 is 13.5 Å². The van der Waals surface area contributed by atoms with Crippen LogP contribution in [0.3, 0.4) is 0 Å². The molecule has 0 N–H and O–H groups in total. The predicted octanol–water partition coefficient (Wildman–Crippen LogP) is 4.18. The van der Waals surface area contributed by atoms with Gasteiger partial charge in [-0.1, -0.05) is 28.1 Å². The van der Waals surface area contributed by atoms with Gasteiger partial charge in [0.05, 0.1) is 5.56 Å². The van der Waals surface area contributed by atoms with E-state index < -0.39 is 11.6 Å². The van der Waals surface area contributed by atoms with Crippen molar-refractivity contribution in [2.45, 2.75) is 6.61 Å². The van der Waals surface area contributed by atoms with Crippen molar-refractivity contribution in [2.75, 3.05) is 0 Å². The van der Waals surface area contributed by atoms with Gasteiger partial charge in [0.1, 0.15) is 18.4 Å². The van der Waals surface area contributed by atoms with E-state index >= 15 is 0 Å². The summed E-state index contributed by atoms with van der Waals surface area (Å²) >= 11 is 3.24. The van der Waals surface area contributed by atoms with Crippen LogP contribution in [0.25, 0.3) is 0 Å². The van der Waals surface area contributed by atoms with Gasteiger partial charge < -0.3 is 4.74 Å². The number of ether oxygens (including phenoxy) is 1. The molecule has 5 heteroatoms. The molecule has 0 fully saturated rings. The number of rotatable bonds is 3. The zero-order valence-corrected chi connectivity index (χ0v) is 11.2. The molecular weight excluding hydrogens is 316 g/mol. The van der Waals surface area contributed by atoms with Crippen LogP contribution in [0.1, 0.15) is 11.1 Å². The van der Waals surface area contributed by atoms with Crippen molar-refractivity contribution in [3.05, 3.63) is 63.6 Å². The van der Waals surface area contributed by atoms with Gasteiger partial charge in [0.25, 0.3) is 0 Å². The van der Waals surface area contributed by atoms with Gasteiger partial charge in [0.15, 0.2) is 11.6 Å². The van der Waals surface area contributed by atoms with Crippen molar-refractivity contribution >= 4 is 15.9 Å². The van der Waals surface area contributed by atoms with Crippen molar-refractivity contribution in [1.29, 1.82) is 5.26 Å². The van der Waals surface area contributed by atoms with Gasteiger partial charge in [-0.15, -0.1) is 0 Å². The Labute approximate surface area is 117 Å². The van der Waals surface area contributed by atoms with Crippen LogP contribution in [-0.2, 0) is 6.61 Å². The Bertz CT molecular complexity index is 652. The van der Waals surface area contributed by atoms with E-state index in [9.17, 15) is 8.78 Å². The van der Waals surface area contributed by atoms with Crippen molar-refractivity contribution in [3.63, 3.8) is 0 Å². The molecule has 0 atom stereocenters. The molecule has 0 aliphatic rings. The average Bonchev–Trinajstić information content (AvgIpc) is 2.41. The monoisotopic (exact) mass is 323 g/mol. The highest BCUT2D eigenvalue weighted by Gasteiger charge is 2.09. The highest BCUT2D eigenvalue weighted by atomic mass is 79.9. The lowest BCUT2D eigenvalue weighted by molar-refractivity contribution is 0.296. The number of hydrogen-bond donors (Lipinski definition) is 0. The van der Waals surface area contributed by atoms with Crippen LogP contribution >= 0.6 is 15.9 Å². The summed E-state index contributed by atoms with van der Waals surface area (Å²) in [6, 6.07) is 10.8. The standard InChI is InChI=1S/C14H8BrF2NO/c15-11-4-5-13(10(6-11)7-18)19-8-9-2-1-3-12(16)14(9)17/h1-6H,8H2. The summed E-state index contributed by atoms with van der Waals surface area (Å²) in [5, 5.41) is 8.95. The molecule has 2 nitrogen and oxygen atoms in total. The van der Waals surface area contributed by atoms with Gasteiger partial charge in [-0.3, -0.25) is 0 Å². The normalized spacial score (nSPS) is 10.0. The second-order valence-corrected chi connectivity index (χ2v) is 4.67. The van der Waals surface area contributed by atoms with Gasteiger partial charge in [0, 0.05) is 10.0 Å². The lowest BCUT2D eigenvalue weighted by atomic mass is 10.2. The van der Waals surface area contributed by atoms with Crippen molar-refractivity contribution in [3.8, 4) is 11.8 Å². The molecule has 0 aliphatic carbocycles. The highest BCUT2D eigenvalue weighted by Crippen LogP contribution is 2.24. The summed E-state index contributed by atoms with van der Waals surface area (Å²) in [7, 11) is 0. The zero-order valence-electron chi connectivity index (χ0n) is 9.66. The average molecular weight is 324 g/mol. The maximum atomic E-state index is 13.4. The molecule has 19 heavy (non-hydrogen) atoms. The minimum Gasteiger partial charge on any atom is -0.487 e. The van der Waals surface area contributed by atoms with Crippen LogP contribution in [-0.4, -0.2) is 0 Å². The van der Waals surface area contributed by atoms with E-state index in [4.69, 9.17) is 10.00 Å². The predicted molar refractivity (Wildman–Crippen MR) is 69.5 cm³/mol. The first kappa shape index (κ1) is 13.5. The summed E-state index contributed by atoms with van der Waals surface area (Å²) in [6.45, 7) is -0.139. The van der Waals surface area contributed by atoms with Gasteiger partial charge >= 0.3 is 0 Å². The Morgan fingerprint density at radius 2 is 2.00 bits per heavy atom. The number of halogens is 3. The molecule has 0 amide bonds. The van der Waals surface area contributed by atoms with Crippen LogP contribution in [0.4, 0.5) is 8.78 Å². The minimum absolute atomic E-state index is 0.104. The summed E-state index contributed by atoms with van der Waals surface area (Å²) < 4.78 is 32.5. The molecule has 0 aliphatic heterocycles. The Morgan fingerprint density at radius 3 is 2.74 bits per heavy atom. The molecular formula is C14H8BrF2NO. The van der Waals surface area contributed by atoms with Crippen LogP contribution in [0.5, 0.6) is 5.75 Å². The van der Waals surface area contributed by atoms with E-state index in [0.29, 0.717) is 11.3 Å². The van der Waals surface area contributed by atoms with Gasteiger partial charge in [0.2, 0.25) is 0 Å². The molecule has 0 aromatic heterocycles. The molecule has 0 saturated carbocycles. The number of hydrogen-bond acceptors (Lipinski definition) is 2. The molecule has 2 aromatic carbocycles. The molecule has 0 bridgehead atoms. The van der Waals surface area contributed by atoms with E-state index in [1.165, 1.54) is 12.1 Å². The third kappa shape index (κ3) is 3.09. The lowest BCUT2D eigenvalue weighted by Gasteiger charge is -2.09. The second-order valence-electron chi connectivity index (χ2n) is 3.75. The molecule has 0 saturated heterocycles. The molecule has 96 valence electrons. The molecule has 2 aromatic rings. The molecule has 0 unspecified atom stereocenters. The topological polar surface area (TPSA) is 33.0 Å². The van der Waals surface area contributed by atoms with Crippen LogP contribution in [0.2, 0.25) is 0 Å². The summed E-state index contributed by atoms with van der Waals surface area (Å²) in [4.78, 5) is 0. The molecule has 2 rings (SSSR count). The van der Waals surface area contributed by atoms with Crippen LogP contribution < -0.4 is 4.74 Å². The summed E-state index contributed by atoms with van der Waals surface area (Å²) in [5.74, 6) is -1.52. The first-order chi connectivity index (χ1) is 9.11. The Hall–Kier alpha value is -1.93. The third-order valence-corrected chi connectivity index (χ3v) is 2.97. The van der Waals surface area contributed by atoms with Gasteiger partial charge in [-0.05, 0) is 24.3 Å². The minimum atomic E-state index is -0.932. The number of nitrogens with zero attached hydrogens (tertiary/aromatic N) is 1. The van der Waals surface area contributed by atoms with Crippen molar-refractivity contribution in [1.82, 2.24) is 0 Å². The Kier molecular flexibility index (Phi) is 4.13. The lowest BCUT2D eigenvalue weighted by Crippen LogP contribution is -2.01. The van der Waals surface area contributed by atoms with E-state index in [2.05, 4.69) is 15.9 Å². The van der Waals surface area contributed by atoms with E-state index in [-0.39, 0.29) is 12.2 Å². The van der Waals surface area contributed by atoms with Crippen LogP contribution in [0, 0.1) is 23.0 Å². The molecule has 0 heterocycles. The maximum Gasteiger partial charge on any atom is 0.165 e. The largest absolute Gasteiger partial charge is 0.487 e. The number of benzene rings is 2. The Balaban J connectivity index is 2.20. The molecule has 0 radical (unpaired) electrons. The quantitative estimate of drug-likeness (QED) is 0.849. The summed E-state index contributed by atoms with van der Waals surface area (Å²) in [5.41, 5.74) is 0.429. The maximum absolute atomic E-state index is 13.4. The second kappa shape index (κ2) is 5.81. The fraction of sp³-hybridized carbons (Fsp3) is 0.0714.